The van der Waals surface area contributed by atoms with Crippen molar-refractivity contribution in [2.75, 3.05) is 6.54 Å². The van der Waals surface area contributed by atoms with E-state index in [2.05, 4.69) is 46.2 Å². The molecular weight excluding hydrogens is 312 g/mol. The lowest BCUT2D eigenvalue weighted by atomic mass is 10.1. The number of carbonyl (C=O) groups is 1. The first-order chi connectivity index (χ1) is 12.1. The monoisotopic (exact) mass is 340 g/mol. The normalized spacial score (nSPS) is 20.1. The molecule has 1 aliphatic rings. The van der Waals surface area contributed by atoms with Crippen molar-refractivity contribution in [2.24, 2.45) is 0 Å². The first kappa shape index (κ1) is 17.7. The highest BCUT2D eigenvalue weighted by Crippen LogP contribution is 2.26. The van der Waals surface area contributed by atoms with Gasteiger partial charge in [0.15, 0.2) is 0 Å². The zero-order valence-electron chi connectivity index (χ0n) is 15.1. The molecule has 1 aromatic carbocycles. The summed E-state index contributed by atoms with van der Waals surface area (Å²) >= 11 is 0. The van der Waals surface area contributed by atoms with Gasteiger partial charge in [0.25, 0.3) is 0 Å². The largest absolute Gasteiger partial charge is 0.355 e. The number of amides is 1. The molecule has 0 radical (unpaired) electrons. The van der Waals surface area contributed by atoms with Crippen LogP contribution >= 0.6 is 0 Å². The maximum atomic E-state index is 12.4. The van der Waals surface area contributed by atoms with Gasteiger partial charge in [-0.25, -0.2) is 4.98 Å². The quantitative estimate of drug-likeness (QED) is 0.762. The van der Waals surface area contributed by atoms with Gasteiger partial charge >= 0.3 is 0 Å². The number of rotatable bonds is 7. The maximum Gasteiger partial charge on any atom is 0.237 e. The van der Waals surface area contributed by atoms with E-state index in [0.717, 1.165) is 31.6 Å². The van der Waals surface area contributed by atoms with Gasteiger partial charge in [0.05, 0.1) is 6.04 Å². The molecule has 2 atom stereocenters. The standard InChI is InChI=1S/C20H28N4O/c1-15(2)19-21-12-14-24(19)13-6-11-22-20(25)18-10-9-17(23-18)16-7-4-3-5-8-16/h3-5,7-8,12,14-15,17-18,23H,6,9-11,13H2,1-2H3,(H,22,25)/t17-,18-/m1/s1. The Bertz CT molecular complexity index is 680. The molecule has 0 bridgehead atoms. The van der Waals surface area contributed by atoms with Crippen molar-refractivity contribution in [2.45, 2.75) is 57.7 Å². The van der Waals surface area contributed by atoms with E-state index >= 15 is 0 Å². The Balaban J connectivity index is 1.41. The van der Waals surface area contributed by atoms with Crippen LogP contribution in [0.25, 0.3) is 0 Å². The highest BCUT2D eigenvalue weighted by atomic mass is 16.2. The smallest absolute Gasteiger partial charge is 0.237 e. The number of hydrogen-bond donors (Lipinski definition) is 2. The number of hydrogen-bond acceptors (Lipinski definition) is 3. The Morgan fingerprint density at radius 3 is 2.88 bits per heavy atom. The van der Waals surface area contributed by atoms with Gasteiger partial charge in [0, 0.05) is 37.4 Å². The van der Waals surface area contributed by atoms with Gasteiger partial charge in [-0.1, -0.05) is 44.2 Å². The Labute approximate surface area is 149 Å². The third-order valence-corrected chi connectivity index (χ3v) is 4.80. The second kappa shape index (κ2) is 8.30. The van der Waals surface area contributed by atoms with Gasteiger partial charge in [-0.15, -0.1) is 0 Å². The van der Waals surface area contributed by atoms with Crippen molar-refractivity contribution in [3.8, 4) is 0 Å². The van der Waals surface area contributed by atoms with Gasteiger partial charge in [0.1, 0.15) is 5.82 Å². The van der Waals surface area contributed by atoms with Crippen LogP contribution in [0.4, 0.5) is 0 Å². The fraction of sp³-hybridized carbons (Fsp3) is 0.500. The zero-order chi connectivity index (χ0) is 17.6. The van der Waals surface area contributed by atoms with E-state index in [0.29, 0.717) is 12.5 Å². The highest BCUT2D eigenvalue weighted by molar-refractivity contribution is 5.82. The zero-order valence-corrected chi connectivity index (χ0v) is 15.1. The fourth-order valence-corrected chi connectivity index (χ4v) is 3.49. The molecule has 1 amide bonds. The van der Waals surface area contributed by atoms with Gasteiger partial charge in [-0.2, -0.15) is 0 Å². The average Bonchev–Trinajstić information content (AvgIpc) is 3.28. The summed E-state index contributed by atoms with van der Waals surface area (Å²) in [4.78, 5) is 16.8. The summed E-state index contributed by atoms with van der Waals surface area (Å²) in [5.74, 6) is 1.64. The van der Waals surface area contributed by atoms with E-state index in [1.165, 1.54) is 5.56 Å². The van der Waals surface area contributed by atoms with Gasteiger partial charge < -0.3 is 9.88 Å². The van der Waals surface area contributed by atoms with Crippen LogP contribution in [0.1, 0.15) is 56.5 Å². The molecule has 0 aliphatic carbocycles. The van der Waals surface area contributed by atoms with Crippen LogP contribution < -0.4 is 10.6 Å². The number of benzene rings is 1. The second-order valence-corrected chi connectivity index (χ2v) is 7.04. The molecule has 1 aliphatic heterocycles. The Morgan fingerprint density at radius 2 is 2.12 bits per heavy atom. The van der Waals surface area contributed by atoms with Crippen LogP contribution in [0.5, 0.6) is 0 Å². The average molecular weight is 340 g/mol. The predicted octanol–water partition coefficient (Wildman–Crippen LogP) is 3.01. The number of imidazole rings is 1. The summed E-state index contributed by atoms with van der Waals surface area (Å²) in [6, 6.07) is 10.6. The van der Waals surface area contributed by atoms with E-state index < -0.39 is 0 Å². The summed E-state index contributed by atoms with van der Waals surface area (Å²) < 4.78 is 2.18. The summed E-state index contributed by atoms with van der Waals surface area (Å²) in [6.45, 7) is 5.88. The second-order valence-electron chi connectivity index (χ2n) is 7.04. The SMILES string of the molecule is CC(C)c1nccn1CCCNC(=O)[C@H]1CC[C@H](c2ccccc2)N1. The third kappa shape index (κ3) is 4.48. The third-order valence-electron chi connectivity index (χ3n) is 4.80. The van der Waals surface area contributed by atoms with E-state index in [9.17, 15) is 4.79 Å². The first-order valence-corrected chi connectivity index (χ1v) is 9.25. The molecule has 1 fully saturated rings. The summed E-state index contributed by atoms with van der Waals surface area (Å²) in [7, 11) is 0. The van der Waals surface area contributed by atoms with Gasteiger partial charge in [-0.05, 0) is 24.8 Å². The predicted molar refractivity (Wildman–Crippen MR) is 99.3 cm³/mol. The first-order valence-electron chi connectivity index (χ1n) is 9.25. The van der Waals surface area contributed by atoms with E-state index in [1.807, 2.05) is 30.6 Å². The molecule has 2 heterocycles. The molecule has 3 rings (SSSR count). The fourth-order valence-electron chi connectivity index (χ4n) is 3.49. The molecule has 0 spiro atoms. The molecule has 1 saturated heterocycles. The van der Waals surface area contributed by atoms with Gasteiger partial charge in [0.2, 0.25) is 5.91 Å². The summed E-state index contributed by atoms with van der Waals surface area (Å²) in [5.41, 5.74) is 1.26. The number of aryl methyl sites for hydroxylation is 1. The number of nitrogens with zero attached hydrogens (tertiary/aromatic N) is 2. The van der Waals surface area contributed by atoms with Crippen molar-refractivity contribution in [3.05, 3.63) is 54.1 Å². The molecule has 1 aromatic heterocycles. The Morgan fingerprint density at radius 1 is 1.32 bits per heavy atom. The molecule has 0 unspecified atom stereocenters. The van der Waals surface area contributed by atoms with Gasteiger partial charge in [-0.3, -0.25) is 10.1 Å². The molecule has 134 valence electrons. The van der Waals surface area contributed by atoms with Crippen LogP contribution in [0.3, 0.4) is 0 Å². The Hall–Kier alpha value is -2.14. The van der Waals surface area contributed by atoms with Crippen molar-refractivity contribution >= 4 is 5.91 Å². The topological polar surface area (TPSA) is 59.0 Å². The van der Waals surface area contributed by atoms with Crippen LogP contribution in [0, 0.1) is 0 Å². The molecule has 5 heteroatoms. The lowest BCUT2D eigenvalue weighted by molar-refractivity contribution is -0.122. The Kier molecular flexibility index (Phi) is 5.87. The van der Waals surface area contributed by atoms with E-state index in [-0.39, 0.29) is 18.0 Å². The van der Waals surface area contributed by atoms with Crippen molar-refractivity contribution < 1.29 is 4.79 Å². The number of carbonyl (C=O) groups excluding carboxylic acids is 1. The number of aromatic nitrogens is 2. The van der Waals surface area contributed by atoms with Crippen molar-refractivity contribution in [1.82, 2.24) is 20.2 Å². The lowest BCUT2D eigenvalue weighted by Crippen LogP contribution is -2.41. The summed E-state index contributed by atoms with van der Waals surface area (Å²) in [6.07, 6.45) is 6.68. The molecule has 5 nitrogen and oxygen atoms in total. The van der Waals surface area contributed by atoms with Crippen molar-refractivity contribution in [3.63, 3.8) is 0 Å². The lowest BCUT2D eigenvalue weighted by Gasteiger charge is -2.15. The molecule has 0 saturated carbocycles. The highest BCUT2D eigenvalue weighted by Gasteiger charge is 2.29. The molecular formula is C20H28N4O. The van der Waals surface area contributed by atoms with Crippen LogP contribution in [0.15, 0.2) is 42.7 Å². The number of nitrogens with one attached hydrogen (secondary N) is 2. The minimum atomic E-state index is -0.0790. The van der Waals surface area contributed by atoms with E-state index in [4.69, 9.17) is 0 Å². The minimum absolute atomic E-state index is 0.0790. The van der Waals surface area contributed by atoms with Crippen LogP contribution in [0.2, 0.25) is 0 Å². The molecule has 25 heavy (non-hydrogen) atoms. The maximum absolute atomic E-state index is 12.4. The van der Waals surface area contributed by atoms with Crippen LogP contribution in [-0.2, 0) is 11.3 Å². The van der Waals surface area contributed by atoms with Crippen LogP contribution in [-0.4, -0.2) is 28.0 Å². The minimum Gasteiger partial charge on any atom is -0.355 e. The van der Waals surface area contributed by atoms with E-state index in [1.54, 1.807) is 0 Å². The molecule has 2 N–H and O–H groups in total. The van der Waals surface area contributed by atoms with Crippen molar-refractivity contribution in [1.29, 1.82) is 0 Å². The molecule has 2 aromatic rings. The summed E-state index contributed by atoms with van der Waals surface area (Å²) in [5, 5.41) is 6.53.